The van der Waals surface area contributed by atoms with Gasteiger partial charge in [0.1, 0.15) is 0 Å². The molecule has 1 fully saturated rings. The number of nitrogens with zero attached hydrogens (tertiary/aromatic N) is 2. The molecule has 0 atom stereocenters. The van der Waals surface area contributed by atoms with Crippen LogP contribution in [0.4, 0.5) is 0 Å². The number of guanidine groups is 1. The molecule has 7 heteroatoms. The van der Waals surface area contributed by atoms with E-state index in [-0.39, 0.29) is 41.3 Å². The van der Waals surface area contributed by atoms with E-state index in [0.29, 0.717) is 38.3 Å². The monoisotopic (exact) mass is 396 g/mol. The number of rotatable bonds is 3. The van der Waals surface area contributed by atoms with Crippen LogP contribution < -0.4 is 10.6 Å². The van der Waals surface area contributed by atoms with Gasteiger partial charge >= 0.3 is 0 Å². The number of hydrogen-bond donors (Lipinski definition) is 2. The number of likely N-dealkylation sites (tertiary alicyclic amines) is 1. The van der Waals surface area contributed by atoms with E-state index in [9.17, 15) is 9.59 Å². The lowest BCUT2D eigenvalue weighted by molar-refractivity contribution is -0.147. The largest absolute Gasteiger partial charge is 0.355 e. The third-order valence-corrected chi connectivity index (χ3v) is 2.73. The van der Waals surface area contributed by atoms with Gasteiger partial charge < -0.3 is 10.6 Å². The minimum Gasteiger partial charge on any atom is -0.355 e. The molecule has 1 rings (SSSR count). The van der Waals surface area contributed by atoms with E-state index in [1.54, 1.807) is 7.05 Å². The van der Waals surface area contributed by atoms with Gasteiger partial charge in [0.25, 0.3) is 0 Å². The molecular formula is C13H25IN4O2. The zero-order valence-corrected chi connectivity index (χ0v) is 15.0. The molecule has 1 saturated heterocycles. The van der Waals surface area contributed by atoms with Crippen molar-refractivity contribution in [2.45, 2.75) is 45.6 Å². The second-order valence-corrected chi connectivity index (χ2v) is 5.67. The summed E-state index contributed by atoms with van der Waals surface area (Å²) in [6, 6.07) is 0. The summed E-state index contributed by atoms with van der Waals surface area (Å²) < 4.78 is 0. The van der Waals surface area contributed by atoms with Gasteiger partial charge in [-0.2, -0.15) is 0 Å². The first-order valence-electron chi connectivity index (χ1n) is 6.65. The van der Waals surface area contributed by atoms with Crippen molar-refractivity contribution in [3.63, 3.8) is 0 Å². The SMILES string of the molecule is CN=C(NCCN1C(=O)CCCC1=O)NC(C)(C)C.I. The zero-order valence-electron chi connectivity index (χ0n) is 12.7. The maximum absolute atomic E-state index is 11.6. The molecule has 0 bridgehead atoms. The van der Waals surface area contributed by atoms with Crippen LogP contribution in [0.2, 0.25) is 0 Å². The number of aliphatic imine (C=N–C) groups is 1. The van der Waals surface area contributed by atoms with Crippen LogP contribution in [0, 0.1) is 0 Å². The molecule has 0 aromatic rings. The van der Waals surface area contributed by atoms with Gasteiger partial charge in [0, 0.05) is 38.5 Å². The Kier molecular flexibility index (Phi) is 8.07. The van der Waals surface area contributed by atoms with E-state index in [0.717, 1.165) is 0 Å². The van der Waals surface area contributed by atoms with Crippen molar-refractivity contribution in [2.75, 3.05) is 20.1 Å². The van der Waals surface area contributed by atoms with E-state index in [1.165, 1.54) is 4.90 Å². The third-order valence-electron chi connectivity index (χ3n) is 2.73. The molecule has 1 aliphatic heterocycles. The van der Waals surface area contributed by atoms with Gasteiger partial charge in [-0.05, 0) is 27.2 Å². The first kappa shape index (κ1) is 19.1. The number of carbonyl (C=O) groups excluding carboxylic acids is 2. The summed E-state index contributed by atoms with van der Waals surface area (Å²) in [6.07, 6.45) is 1.62. The molecule has 2 amide bonds. The highest BCUT2D eigenvalue weighted by atomic mass is 127. The van der Waals surface area contributed by atoms with Crippen LogP contribution in [0.3, 0.4) is 0 Å². The second kappa shape index (κ2) is 8.43. The number of hydrogen-bond acceptors (Lipinski definition) is 3. The Bertz CT molecular complexity index is 361. The van der Waals surface area contributed by atoms with Gasteiger partial charge in [0.2, 0.25) is 11.8 Å². The molecule has 116 valence electrons. The van der Waals surface area contributed by atoms with Gasteiger partial charge in [-0.25, -0.2) is 0 Å². The summed E-state index contributed by atoms with van der Waals surface area (Å²) in [5.41, 5.74) is -0.0847. The van der Waals surface area contributed by atoms with Crippen LogP contribution in [0.5, 0.6) is 0 Å². The highest BCUT2D eigenvalue weighted by molar-refractivity contribution is 14.0. The molecule has 1 heterocycles. The quantitative estimate of drug-likeness (QED) is 0.325. The highest BCUT2D eigenvalue weighted by Gasteiger charge is 2.25. The molecule has 0 unspecified atom stereocenters. The zero-order chi connectivity index (χ0) is 14.5. The maximum atomic E-state index is 11.6. The Balaban J connectivity index is 0.00000361. The fourth-order valence-corrected chi connectivity index (χ4v) is 1.87. The van der Waals surface area contributed by atoms with E-state index in [2.05, 4.69) is 15.6 Å². The number of carbonyl (C=O) groups is 2. The first-order chi connectivity index (χ1) is 8.83. The average molecular weight is 396 g/mol. The van der Waals surface area contributed by atoms with E-state index in [4.69, 9.17) is 0 Å². The minimum atomic E-state index is -0.0847. The van der Waals surface area contributed by atoms with Crippen molar-refractivity contribution in [1.29, 1.82) is 0 Å². The summed E-state index contributed by atoms with van der Waals surface area (Å²) in [7, 11) is 1.69. The highest BCUT2D eigenvalue weighted by Crippen LogP contribution is 2.11. The van der Waals surface area contributed by atoms with Gasteiger partial charge in [-0.1, -0.05) is 0 Å². The normalized spacial score (nSPS) is 16.8. The molecule has 0 aromatic carbocycles. The minimum absolute atomic E-state index is 0. The van der Waals surface area contributed by atoms with E-state index in [1.807, 2.05) is 20.8 Å². The standard InChI is InChI=1S/C13H24N4O2.HI/c1-13(2,3)16-12(14-4)15-8-9-17-10(18)6-5-7-11(17)19;/h5-9H2,1-4H3,(H2,14,15,16);1H. The van der Waals surface area contributed by atoms with Crippen LogP contribution in [0.25, 0.3) is 0 Å². The van der Waals surface area contributed by atoms with Crippen molar-refractivity contribution >= 4 is 41.8 Å². The molecule has 0 spiro atoms. The van der Waals surface area contributed by atoms with E-state index >= 15 is 0 Å². The summed E-state index contributed by atoms with van der Waals surface area (Å²) in [5.74, 6) is 0.526. The summed E-state index contributed by atoms with van der Waals surface area (Å²) >= 11 is 0. The number of halogens is 1. The fourth-order valence-electron chi connectivity index (χ4n) is 1.87. The lowest BCUT2D eigenvalue weighted by atomic mass is 10.1. The Morgan fingerprint density at radius 1 is 1.25 bits per heavy atom. The lowest BCUT2D eigenvalue weighted by Crippen LogP contribution is -2.50. The molecule has 2 N–H and O–H groups in total. The third kappa shape index (κ3) is 6.53. The molecular weight excluding hydrogens is 371 g/mol. The summed E-state index contributed by atoms with van der Waals surface area (Å²) in [6.45, 7) is 7.02. The van der Waals surface area contributed by atoms with Crippen LogP contribution >= 0.6 is 24.0 Å². The van der Waals surface area contributed by atoms with Gasteiger partial charge in [-0.15, -0.1) is 24.0 Å². The Morgan fingerprint density at radius 3 is 2.25 bits per heavy atom. The van der Waals surface area contributed by atoms with Crippen LogP contribution in [-0.2, 0) is 9.59 Å². The fraction of sp³-hybridized carbons (Fsp3) is 0.769. The predicted octanol–water partition coefficient (Wildman–Crippen LogP) is 1.11. The van der Waals surface area contributed by atoms with Crippen LogP contribution in [-0.4, -0.2) is 48.3 Å². The van der Waals surface area contributed by atoms with Crippen LogP contribution in [0.1, 0.15) is 40.0 Å². The Morgan fingerprint density at radius 2 is 1.80 bits per heavy atom. The molecule has 0 aliphatic carbocycles. The molecule has 0 aromatic heterocycles. The second-order valence-electron chi connectivity index (χ2n) is 5.67. The van der Waals surface area contributed by atoms with Crippen molar-refractivity contribution in [2.24, 2.45) is 4.99 Å². The van der Waals surface area contributed by atoms with Crippen molar-refractivity contribution in [3.05, 3.63) is 0 Å². The number of imide groups is 1. The van der Waals surface area contributed by atoms with Gasteiger partial charge in [-0.3, -0.25) is 19.5 Å². The lowest BCUT2D eigenvalue weighted by Gasteiger charge is -2.27. The topological polar surface area (TPSA) is 73.8 Å². The average Bonchev–Trinajstić information content (AvgIpc) is 2.30. The molecule has 0 radical (unpaired) electrons. The van der Waals surface area contributed by atoms with Gasteiger partial charge in [0.15, 0.2) is 5.96 Å². The Labute approximate surface area is 137 Å². The number of amides is 2. The number of piperidine rings is 1. The maximum Gasteiger partial charge on any atom is 0.229 e. The molecule has 20 heavy (non-hydrogen) atoms. The predicted molar refractivity (Wildman–Crippen MR) is 90.2 cm³/mol. The van der Waals surface area contributed by atoms with Crippen LogP contribution in [0.15, 0.2) is 4.99 Å². The van der Waals surface area contributed by atoms with Crippen molar-refractivity contribution in [1.82, 2.24) is 15.5 Å². The molecule has 1 aliphatic rings. The Hall–Kier alpha value is -0.860. The first-order valence-corrected chi connectivity index (χ1v) is 6.65. The van der Waals surface area contributed by atoms with E-state index < -0.39 is 0 Å². The smallest absolute Gasteiger partial charge is 0.229 e. The summed E-state index contributed by atoms with van der Waals surface area (Å²) in [5, 5.41) is 6.32. The number of nitrogens with one attached hydrogen (secondary N) is 2. The van der Waals surface area contributed by atoms with Crippen molar-refractivity contribution in [3.8, 4) is 0 Å². The van der Waals surface area contributed by atoms with Gasteiger partial charge in [0.05, 0.1) is 0 Å². The molecule has 0 saturated carbocycles. The van der Waals surface area contributed by atoms with Crippen molar-refractivity contribution < 1.29 is 9.59 Å². The molecule has 6 nitrogen and oxygen atoms in total. The summed E-state index contributed by atoms with van der Waals surface area (Å²) in [4.78, 5) is 28.7.